The molecule has 1 aromatic carbocycles. The minimum atomic E-state index is -4.55. The molecule has 0 N–H and O–H groups in total. The highest BCUT2D eigenvalue weighted by molar-refractivity contribution is 6.42. The largest absolute Gasteiger partial charge is 0.418 e. The van der Waals surface area contributed by atoms with Gasteiger partial charge in [-0.25, -0.2) is 0 Å². The first-order valence-electron chi connectivity index (χ1n) is 5.13. The molecular formula is C11H9Cl2F3O2. The fraction of sp³-hybridized carbons (Fsp3) is 0.455. The van der Waals surface area contributed by atoms with Crippen LogP contribution in [0, 0.1) is 0 Å². The first-order chi connectivity index (χ1) is 8.39. The number of halogens is 5. The summed E-state index contributed by atoms with van der Waals surface area (Å²) in [6.45, 7) is 0.306. The van der Waals surface area contributed by atoms with Crippen molar-refractivity contribution in [3.8, 4) is 0 Å². The maximum Gasteiger partial charge on any atom is 0.418 e. The molecule has 2 rings (SSSR count). The maximum absolute atomic E-state index is 12.9. The van der Waals surface area contributed by atoms with Crippen LogP contribution in [0.5, 0.6) is 0 Å². The molecule has 1 fully saturated rings. The zero-order valence-electron chi connectivity index (χ0n) is 9.01. The van der Waals surface area contributed by atoms with Gasteiger partial charge in [0.05, 0.1) is 23.3 Å². The number of ether oxygens (including phenoxy) is 2. The van der Waals surface area contributed by atoms with Crippen molar-refractivity contribution in [2.75, 3.05) is 13.2 Å². The van der Waals surface area contributed by atoms with E-state index >= 15 is 0 Å². The zero-order valence-corrected chi connectivity index (χ0v) is 10.5. The molecule has 100 valence electrons. The summed E-state index contributed by atoms with van der Waals surface area (Å²) in [6, 6.07) is 4.07. The maximum atomic E-state index is 12.9. The minimum Gasteiger partial charge on any atom is -0.371 e. The zero-order chi connectivity index (χ0) is 13.3. The van der Waals surface area contributed by atoms with Gasteiger partial charge in [0, 0.05) is 5.56 Å². The quantitative estimate of drug-likeness (QED) is 0.784. The Hall–Kier alpha value is -0.490. The van der Waals surface area contributed by atoms with Crippen molar-refractivity contribution in [1.29, 1.82) is 0 Å². The van der Waals surface area contributed by atoms with Gasteiger partial charge in [0.25, 0.3) is 0 Å². The highest BCUT2D eigenvalue weighted by Gasteiger charge is 2.44. The van der Waals surface area contributed by atoms with Crippen LogP contribution in [-0.2, 0) is 9.47 Å². The summed E-state index contributed by atoms with van der Waals surface area (Å²) < 4.78 is 48.4. The van der Waals surface area contributed by atoms with E-state index in [1.165, 1.54) is 18.2 Å². The molecule has 1 saturated heterocycles. The Bertz CT molecular complexity index is 433. The predicted octanol–water partition coefficient (Wildman–Crippen LogP) is 4.01. The first kappa shape index (κ1) is 13.9. The van der Waals surface area contributed by atoms with Crippen molar-refractivity contribution in [2.45, 2.75) is 18.4 Å². The predicted molar refractivity (Wildman–Crippen MR) is 61.0 cm³/mol. The van der Waals surface area contributed by atoms with Crippen molar-refractivity contribution in [2.24, 2.45) is 0 Å². The van der Waals surface area contributed by atoms with E-state index in [0.29, 0.717) is 6.61 Å². The van der Waals surface area contributed by atoms with Crippen LogP contribution in [0.15, 0.2) is 18.2 Å². The van der Waals surface area contributed by atoms with Gasteiger partial charge in [0.2, 0.25) is 0 Å². The van der Waals surface area contributed by atoms with Crippen LogP contribution < -0.4 is 0 Å². The summed E-state index contributed by atoms with van der Waals surface area (Å²) in [5.74, 6) is 0. The Morgan fingerprint density at radius 1 is 1.39 bits per heavy atom. The molecule has 0 spiro atoms. The van der Waals surface area contributed by atoms with Crippen LogP contribution in [0.25, 0.3) is 0 Å². The van der Waals surface area contributed by atoms with Crippen LogP contribution in [0.4, 0.5) is 13.2 Å². The van der Waals surface area contributed by atoms with Crippen LogP contribution in [0.1, 0.15) is 11.7 Å². The number of rotatable bonds is 4. The smallest absolute Gasteiger partial charge is 0.371 e. The lowest BCUT2D eigenvalue weighted by Crippen LogP contribution is -2.25. The molecule has 0 saturated carbocycles. The van der Waals surface area contributed by atoms with Crippen LogP contribution in [0.2, 0.25) is 10.0 Å². The molecule has 0 bridgehead atoms. The van der Waals surface area contributed by atoms with Gasteiger partial charge in [0.15, 0.2) is 6.10 Å². The SMILES string of the molecule is FC(F)(F)[C@H](OC[C@@H]1CO1)c1cccc(Cl)c1Cl. The Morgan fingerprint density at radius 2 is 2.06 bits per heavy atom. The second-order valence-electron chi connectivity index (χ2n) is 3.85. The molecule has 1 aliphatic heterocycles. The number of hydrogen-bond acceptors (Lipinski definition) is 2. The standard InChI is InChI=1S/C11H9Cl2F3O2/c12-8-3-1-2-7(9(8)13)10(11(14,15)16)18-5-6-4-17-6/h1-3,6,10H,4-5H2/t6-,10+/m0/s1. The molecule has 0 radical (unpaired) electrons. The molecule has 1 heterocycles. The van der Waals surface area contributed by atoms with Crippen LogP contribution in [0.3, 0.4) is 0 Å². The second kappa shape index (κ2) is 5.25. The van der Waals surface area contributed by atoms with Crippen LogP contribution in [-0.4, -0.2) is 25.5 Å². The summed E-state index contributed by atoms with van der Waals surface area (Å²) in [7, 11) is 0. The molecule has 0 aliphatic carbocycles. The fourth-order valence-electron chi connectivity index (χ4n) is 1.45. The average molecular weight is 301 g/mol. The number of alkyl halides is 3. The topological polar surface area (TPSA) is 21.8 Å². The van der Waals surface area contributed by atoms with E-state index in [-0.39, 0.29) is 28.3 Å². The van der Waals surface area contributed by atoms with Crippen molar-refractivity contribution >= 4 is 23.2 Å². The van der Waals surface area contributed by atoms with Crippen molar-refractivity contribution in [3.63, 3.8) is 0 Å². The molecule has 0 aromatic heterocycles. The molecule has 2 atom stereocenters. The Labute approximate surface area is 112 Å². The van der Waals surface area contributed by atoms with Crippen molar-refractivity contribution in [1.82, 2.24) is 0 Å². The number of benzene rings is 1. The molecular weight excluding hydrogens is 292 g/mol. The fourth-order valence-corrected chi connectivity index (χ4v) is 1.86. The van der Waals surface area contributed by atoms with Gasteiger partial charge in [-0.2, -0.15) is 13.2 Å². The summed E-state index contributed by atoms with van der Waals surface area (Å²) in [4.78, 5) is 0. The normalized spacial score (nSPS) is 20.8. The van der Waals surface area contributed by atoms with E-state index in [9.17, 15) is 13.2 Å². The lowest BCUT2D eigenvalue weighted by Gasteiger charge is -2.22. The van der Waals surface area contributed by atoms with Gasteiger partial charge in [-0.3, -0.25) is 0 Å². The Morgan fingerprint density at radius 3 is 2.61 bits per heavy atom. The van der Waals surface area contributed by atoms with E-state index < -0.39 is 12.3 Å². The molecule has 0 amide bonds. The van der Waals surface area contributed by atoms with Gasteiger partial charge in [-0.15, -0.1) is 0 Å². The van der Waals surface area contributed by atoms with Crippen molar-refractivity contribution in [3.05, 3.63) is 33.8 Å². The number of hydrogen-bond donors (Lipinski definition) is 0. The highest BCUT2D eigenvalue weighted by atomic mass is 35.5. The molecule has 18 heavy (non-hydrogen) atoms. The van der Waals surface area contributed by atoms with Gasteiger partial charge in [-0.1, -0.05) is 35.3 Å². The lowest BCUT2D eigenvalue weighted by molar-refractivity contribution is -0.224. The average Bonchev–Trinajstić information content (AvgIpc) is 3.06. The van der Waals surface area contributed by atoms with E-state index in [1.807, 2.05) is 0 Å². The minimum absolute atomic E-state index is 0.0645. The Kier molecular flexibility index (Phi) is 4.06. The van der Waals surface area contributed by atoms with E-state index in [0.717, 1.165) is 0 Å². The molecule has 2 nitrogen and oxygen atoms in total. The van der Waals surface area contributed by atoms with Gasteiger partial charge < -0.3 is 9.47 Å². The molecule has 1 aromatic rings. The monoisotopic (exact) mass is 300 g/mol. The molecule has 0 unspecified atom stereocenters. The van der Waals surface area contributed by atoms with Gasteiger partial charge in [-0.05, 0) is 6.07 Å². The Balaban J connectivity index is 2.23. The molecule has 1 aliphatic rings. The summed E-state index contributed by atoms with van der Waals surface area (Å²) in [5, 5.41) is -0.0760. The lowest BCUT2D eigenvalue weighted by atomic mass is 10.1. The van der Waals surface area contributed by atoms with Crippen molar-refractivity contribution < 1.29 is 22.6 Å². The number of epoxide rings is 1. The van der Waals surface area contributed by atoms with E-state index in [4.69, 9.17) is 32.7 Å². The summed E-state index contributed by atoms with van der Waals surface area (Å²) in [6.07, 6.45) is -6.90. The molecule has 7 heteroatoms. The first-order valence-corrected chi connectivity index (χ1v) is 5.89. The van der Waals surface area contributed by atoms with Crippen LogP contribution >= 0.6 is 23.2 Å². The van der Waals surface area contributed by atoms with Gasteiger partial charge >= 0.3 is 6.18 Å². The second-order valence-corrected chi connectivity index (χ2v) is 4.64. The third kappa shape index (κ3) is 3.29. The summed E-state index contributed by atoms with van der Waals surface area (Å²) in [5.41, 5.74) is -0.183. The summed E-state index contributed by atoms with van der Waals surface area (Å²) >= 11 is 11.5. The van der Waals surface area contributed by atoms with Gasteiger partial charge in [0.1, 0.15) is 6.10 Å². The third-order valence-corrected chi connectivity index (χ3v) is 3.25. The van der Waals surface area contributed by atoms with E-state index in [2.05, 4.69) is 0 Å². The third-order valence-electron chi connectivity index (χ3n) is 2.41. The highest BCUT2D eigenvalue weighted by Crippen LogP contribution is 2.41. The van der Waals surface area contributed by atoms with E-state index in [1.54, 1.807) is 0 Å².